The van der Waals surface area contributed by atoms with Crippen LogP contribution in [-0.2, 0) is 0 Å². The summed E-state index contributed by atoms with van der Waals surface area (Å²) >= 11 is 0. The van der Waals surface area contributed by atoms with Gasteiger partial charge in [0.1, 0.15) is 12.3 Å². The molecular weight excluding hydrogens is 591 g/mol. The highest BCUT2D eigenvalue weighted by molar-refractivity contribution is 6.12. The molecule has 0 N–H and O–H groups in total. The molecule has 0 amide bonds. The SMILES string of the molecule is Cc1ccccc1N1N=C(c2ccccc2)N(c2ccccc2)C1C1C(C)c2ccccc2N2c3nccnc3N(c3ccccc3)C12. The standard InChI is InChI=1S/C41H35N7/c1-28-16-12-14-24-34(28)48-41(45(31-19-8-4-9-20-31)37(44-48)30-17-6-3-7-18-30)36-29(2)33-23-13-15-25-35(33)47-39-38(42-26-27-43-39)46(40(36)47)32-21-10-5-11-22-32/h3-27,29,36,40-41H,1-2H3. The molecule has 3 aliphatic heterocycles. The van der Waals surface area contributed by atoms with Crippen LogP contribution in [0.5, 0.6) is 0 Å². The average Bonchev–Trinajstić information content (AvgIpc) is 3.70. The van der Waals surface area contributed by atoms with Gasteiger partial charge in [0.25, 0.3) is 0 Å². The Hall–Kier alpha value is -5.95. The van der Waals surface area contributed by atoms with Crippen molar-refractivity contribution in [3.05, 3.63) is 169 Å². The molecule has 4 atom stereocenters. The number of anilines is 6. The van der Waals surface area contributed by atoms with E-state index in [9.17, 15) is 0 Å². The van der Waals surface area contributed by atoms with Crippen molar-refractivity contribution in [3.63, 3.8) is 0 Å². The molecule has 7 nitrogen and oxygen atoms in total. The Balaban J connectivity index is 1.33. The van der Waals surface area contributed by atoms with Crippen LogP contribution in [-0.4, -0.2) is 28.1 Å². The van der Waals surface area contributed by atoms with E-state index in [0.29, 0.717) is 0 Å². The number of hydrogen-bond donors (Lipinski definition) is 0. The van der Waals surface area contributed by atoms with E-state index in [2.05, 4.69) is 173 Å². The minimum atomic E-state index is -0.208. The van der Waals surface area contributed by atoms with Crippen molar-refractivity contribution in [1.82, 2.24) is 9.97 Å². The third-order valence-corrected chi connectivity index (χ3v) is 10.0. The number of benzene rings is 5. The van der Waals surface area contributed by atoms with Crippen LogP contribution >= 0.6 is 0 Å². The van der Waals surface area contributed by atoms with Gasteiger partial charge in [-0.05, 0) is 60.4 Å². The zero-order chi connectivity index (χ0) is 32.2. The molecule has 1 aromatic heterocycles. The normalized spacial score (nSPS) is 21.1. The average molecular weight is 626 g/mol. The highest BCUT2D eigenvalue weighted by Gasteiger charge is 2.57. The molecule has 7 heteroatoms. The Bertz CT molecular complexity index is 2120. The molecule has 9 rings (SSSR count). The van der Waals surface area contributed by atoms with Gasteiger partial charge >= 0.3 is 0 Å². The third-order valence-electron chi connectivity index (χ3n) is 10.0. The van der Waals surface area contributed by atoms with Crippen molar-refractivity contribution in [3.8, 4) is 0 Å². The number of amidine groups is 1. The number of hydrogen-bond acceptors (Lipinski definition) is 7. The first-order valence-electron chi connectivity index (χ1n) is 16.6. The second-order valence-corrected chi connectivity index (χ2v) is 12.7. The summed E-state index contributed by atoms with van der Waals surface area (Å²) < 4.78 is 0. The Kier molecular flexibility index (Phi) is 6.71. The van der Waals surface area contributed by atoms with Crippen molar-refractivity contribution in [2.45, 2.75) is 32.1 Å². The fourth-order valence-electron chi connectivity index (χ4n) is 7.91. The second kappa shape index (κ2) is 11.4. The van der Waals surface area contributed by atoms with Crippen LogP contribution in [0.3, 0.4) is 0 Å². The number of para-hydroxylation sites is 4. The zero-order valence-corrected chi connectivity index (χ0v) is 26.9. The lowest BCUT2D eigenvalue weighted by molar-refractivity contribution is 0.296. The van der Waals surface area contributed by atoms with E-state index in [4.69, 9.17) is 15.1 Å². The maximum absolute atomic E-state index is 5.56. The van der Waals surface area contributed by atoms with E-state index in [-0.39, 0.29) is 24.2 Å². The minimum Gasteiger partial charge on any atom is -0.301 e. The summed E-state index contributed by atoms with van der Waals surface area (Å²) in [5.74, 6) is 2.77. The van der Waals surface area contributed by atoms with Crippen LogP contribution in [0.15, 0.2) is 157 Å². The summed E-state index contributed by atoms with van der Waals surface area (Å²) in [4.78, 5) is 17.3. The maximum atomic E-state index is 5.56. The minimum absolute atomic E-state index is 0.0131. The highest BCUT2D eigenvalue weighted by Crippen LogP contribution is 2.57. The lowest BCUT2D eigenvalue weighted by Gasteiger charge is -2.50. The Morgan fingerprint density at radius 3 is 1.73 bits per heavy atom. The number of hydrazone groups is 1. The van der Waals surface area contributed by atoms with Crippen molar-refractivity contribution in [2.75, 3.05) is 19.7 Å². The summed E-state index contributed by atoms with van der Waals surface area (Å²) in [6.45, 7) is 4.56. The van der Waals surface area contributed by atoms with E-state index in [1.807, 2.05) is 6.20 Å². The molecular formula is C41H35N7. The lowest BCUT2D eigenvalue weighted by Crippen LogP contribution is -2.60. The van der Waals surface area contributed by atoms with Crippen LogP contribution in [0.4, 0.5) is 34.4 Å². The first kappa shape index (κ1) is 28.3. The van der Waals surface area contributed by atoms with Gasteiger partial charge in [-0.2, -0.15) is 5.10 Å². The molecule has 48 heavy (non-hydrogen) atoms. The molecule has 0 radical (unpaired) electrons. The van der Waals surface area contributed by atoms with Gasteiger partial charge in [-0.3, -0.25) is 0 Å². The summed E-state index contributed by atoms with van der Waals surface area (Å²) in [5, 5.41) is 7.85. The molecule has 4 heterocycles. The Morgan fingerprint density at radius 2 is 1.06 bits per heavy atom. The van der Waals surface area contributed by atoms with Crippen LogP contribution in [0, 0.1) is 12.8 Å². The molecule has 234 valence electrons. The lowest BCUT2D eigenvalue weighted by atomic mass is 9.77. The number of aromatic nitrogens is 2. The monoisotopic (exact) mass is 625 g/mol. The molecule has 4 unspecified atom stereocenters. The van der Waals surface area contributed by atoms with Gasteiger partial charge in [0, 0.05) is 40.9 Å². The quantitative estimate of drug-likeness (QED) is 0.191. The number of nitrogens with zero attached hydrogens (tertiary/aromatic N) is 7. The van der Waals surface area contributed by atoms with Crippen molar-refractivity contribution in [1.29, 1.82) is 0 Å². The number of rotatable bonds is 5. The molecule has 0 spiro atoms. The Morgan fingerprint density at radius 1 is 0.521 bits per heavy atom. The predicted molar refractivity (Wildman–Crippen MR) is 194 cm³/mol. The molecule has 0 bridgehead atoms. The fraction of sp³-hybridized carbons (Fsp3) is 0.146. The Labute approximate surface area is 281 Å². The van der Waals surface area contributed by atoms with Crippen LogP contribution < -0.4 is 19.7 Å². The van der Waals surface area contributed by atoms with E-state index < -0.39 is 0 Å². The van der Waals surface area contributed by atoms with Gasteiger partial charge < -0.3 is 14.7 Å². The van der Waals surface area contributed by atoms with Crippen LogP contribution in [0.1, 0.15) is 29.5 Å². The topological polar surface area (TPSA) is 51.1 Å². The van der Waals surface area contributed by atoms with Gasteiger partial charge in [0.15, 0.2) is 17.5 Å². The van der Waals surface area contributed by atoms with E-state index >= 15 is 0 Å². The van der Waals surface area contributed by atoms with E-state index in [0.717, 1.165) is 40.1 Å². The highest BCUT2D eigenvalue weighted by atomic mass is 15.6. The third kappa shape index (κ3) is 4.31. The fourth-order valence-corrected chi connectivity index (χ4v) is 7.91. The smallest absolute Gasteiger partial charge is 0.178 e. The second-order valence-electron chi connectivity index (χ2n) is 12.7. The first-order chi connectivity index (χ1) is 23.7. The molecule has 0 aliphatic carbocycles. The molecule has 0 fully saturated rings. The summed E-state index contributed by atoms with van der Waals surface area (Å²) in [5.41, 5.74) is 7.97. The molecule has 3 aliphatic rings. The molecule has 0 saturated carbocycles. The van der Waals surface area contributed by atoms with Crippen LogP contribution in [0.25, 0.3) is 0 Å². The first-order valence-corrected chi connectivity index (χ1v) is 16.6. The number of aryl methyl sites for hydroxylation is 1. The van der Waals surface area contributed by atoms with Crippen LogP contribution in [0.2, 0.25) is 0 Å². The van der Waals surface area contributed by atoms with Crippen molar-refractivity contribution in [2.24, 2.45) is 11.0 Å². The van der Waals surface area contributed by atoms with Gasteiger partial charge in [0.05, 0.1) is 5.69 Å². The van der Waals surface area contributed by atoms with Gasteiger partial charge in [-0.1, -0.05) is 110 Å². The van der Waals surface area contributed by atoms with E-state index in [1.54, 1.807) is 6.20 Å². The predicted octanol–water partition coefficient (Wildman–Crippen LogP) is 8.85. The molecule has 6 aromatic rings. The molecule has 0 saturated heterocycles. The largest absolute Gasteiger partial charge is 0.301 e. The van der Waals surface area contributed by atoms with Gasteiger partial charge in [0.2, 0.25) is 0 Å². The number of fused-ring (bicyclic) bond motifs is 5. The summed E-state index contributed by atoms with van der Waals surface area (Å²) in [7, 11) is 0. The van der Waals surface area contributed by atoms with E-state index in [1.165, 1.54) is 16.8 Å². The van der Waals surface area contributed by atoms with Gasteiger partial charge in [-0.25, -0.2) is 15.0 Å². The summed E-state index contributed by atoms with van der Waals surface area (Å²) in [6.07, 6.45) is 3.25. The maximum Gasteiger partial charge on any atom is 0.178 e. The molecule has 5 aromatic carbocycles. The van der Waals surface area contributed by atoms with Crippen molar-refractivity contribution < 1.29 is 0 Å². The van der Waals surface area contributed by atoms with Gasteiger partial charge in [-0.15, -0.1) is 0 Å². The summed E-state index contributed by atoms with van der Waals surface area (Å²) in [6, 6.07) is 49.3. The van der Waals surface area contributed by atoms with Crippen molar-refractivity contribution >= 4 is 40.2 Å². The zero-order valence-electron chi connectivity index (χ0n) is 26.9.